The third-order valence-corrected chi connectivity index (χ3v) is 4.07. The van der Waals surface area contributed by atoms with Crippen LogP contribution in [0, 0.1) is 11.3 Å². The topological polar surface area (TPSA) is 24.5 Å². The van der Waals surface area contributed by atoms with Gasteiger partial charge in [0.25, 0.3) is 0 Å². The van der Waals surface area contributed by atoms with Crippen LogP contribution >= 0.6 is 0 Å². The van der Waals surface area contributed by atoms with Gasteiger partial charge < -0.3 is 9.64 Å². The van der Waals surface area contributed by atoms with Gasteiger partial charge in [-0.15, -0.1) is 0 Å². The monoisotopic (exact) mass is 226 g/mol. The second-order valence-corrected chi connectivity index (χ2v) is 6.63. The van der Waals surface area contributed by atoms with Gasteiger partial charge in [0.15, 0.2) is 0 Å². The highest BCUT2D eigenvalue weighted by Gasteiger charge is 2.48. The summed E-state index contributed by atoms with van der Waals surface area (Å²) in [6.45, 7) is 12.2. The second-order valence-electron chi connectivity index (χ2n) is 6.63. The van der Waals surface area contributed by atoms with Crippen LogP contribution in [0.15, 0.2) is 0 Å². The zero-order valence-electron chi connectivity index (χ0n) is 11.3. The number of hydrogen-bond acceptors (Lipinski definition) is 3. The van der Waals surface area contributed by atoms with Crippen LogP contribution in [0.2, 0.25) is 0 Å². The van der Waals surface area contributed by atoms with E-state index >= 15 is 0 Å². The van der Waals surface area contributed by atoms with E-state index in [2.05, 4.69) is 45.0 Å². The third kappa shape index (κ3) is 2.13. The van der Waals surface area contributed by atoms with Gasteiger partial charge in [-0.2, -0.15) is 0 Å². The molecule has 94 valence electrons. The Labute approximate surface area is 99.5 Å². The maximum atomic E-state index is 6.14. The van der Waals surface area contributed by atoms with Crippen LogP contribution in [-0.4, -0.2) is 43.4 Å². The summed E-state index contributed by atoms with van der Waals surface area (Å²) in [5, 5.41) is 3.79. The van der Waals surface area contributed by atoms with Crippen LogP contribution in [0.1, 0.15) is 34.1 Å². The standard InChI is InChI=1S/C13H26N2O/c1-10(2)11-12(3,4)9-16-13(14-11)6-7-15(5)8-13/h10-11,14H,6-9H2,1-5H3. The van der Waals surface area contributed by atoms with Gasteiger partial charge in [0.2, 0.25) is 0 Å². The summed E-state index contributed by atoms with van der Waals surface area (Å²) >= 11 is 0. The molecule has 0 aromatic carbocycles. The molecule has 2 saturated heterocycles. The van der Waals surface area contributed by atoms with Gasteiger partial charge in [0.1, 0.15) is 5.72 Å². The summed E-state index contributed by atoms with van der Waals surface area (Å²) in [6.07, 6.45) is 1.11. The summed E-state index contributed by atoms with van der Waals surface area (Å²) < 4.78 is 6.14. The molecule has 1 N–H and O–H groups in total. The van der Waals surface area contributed by atoms with E-state index < -0.39 is 0 Å². The molecular weight excluding hydrogens is 200 g/mol. The van der Waals surface area contributed by atoms with Crippen molar-refractivity contribution in [2.75, 3.05) is 26.7 Å². The summed E-state index contributed by atoms with van der Waals surface area (Å²) in [4.78, 5) is 2.35. The van der Waals surface area contributed by atoms with Gasteiger partial charge in [-0.05, 0) is 13.0 Å². The van der Waals surface area contributed by atoms with Crippen molar-refractivity contribution in [3.8, 4) is 0 Å². The van der Waals surface area contributed by atoms with Crippen molar-refractivity contribution in [3.63, 3.8) is 0 Å². The maximum Gasteiger partial charge on any atom is 0.133 e. The lowest BCUT2D eigenvalue weighted by molar-refractivity contribution is -0.157. The molecule has 2 unspecified atom stereocenters. The lowest BCUT2D eigenvalue weighted by Gasteiger charge is -2.50. The Morgan fingerprint density at radius 2 is 2.06 bits per heavy atom. The number of nitrogens with zero attached hydrogens (tertiary/aromatic N) is 1. The molecule has 0 saturated carbocycles. The largest absolute Gasteiger partial charge is 0.359 e. The van der Waals surface area contributed by atoms with E-state index in [9.17, 15) is 0 Å². The minimum absolute atomic E-state index is 0.0702. The van der Waals surface area contributed by atoms with Crippen LogP contribution in [-0.2, 0) is 4.74 Å². The van der Waals surface area contributed by atoms with Crippen LogP contribution in [0.5, 0.6) is 0 Å². The Morgan fingerprint density at radius 3 is 2.56 bits per heavy atom. The first-order valence-electron chi connectivity index (χ1n) is 6.45. The van der Waals surface area contributed by atoms with Gasteiger partial charge in [-0.3, -0.25) is 5.32 Å². The van der Waals surface area contributed by atoms with Crippen molar-refractivity contribution < 1.29 is 4.74 Å². The molecule has 0 aromatic rings. The molecule has 0 radical (unpaired) electrons. The predicted octanol–water partition coefficient (Wildman–Crippen LogP) is 1.69. The van der Waals surface area contributed by atoms with E-state index in [4.69, 9.17) is 4.74 Å². The highest BCUT2D eigenvalue weighted by atomic mass is 16.5. The van der Waals surface area contributed by atoms with Crippen LogP contribution in [0.3, 0.4) is 0 Å². The number of nitrogens with one attached hydrogen (secondary N) is 1. The normalized spacial score (nSPS) is 39.8. The molecule has 0 aliphatic carbocycles. The summed E-state index contributed by atoms with van der Waals surface area (Å²) in [5.41, 5.74) is 0.166. The first kappa shape index (κ1) is 12.3. The third-order valence-electron chi connectivity index (χ3n) is 4.07. The molecule has 0 amide bonds. The molecule has 3 heteroatoms. The summed E-state index contributed by atoms with van der Waals surface area (Å²) in [6, 6.07) is 0.549. The molecule has 0 bridgehead atoms. The Hall–Kier alpha value is -0.120. The molecule has 0 aromatic heterocycles. The first-order valence-corrected chi connectivity index (χ1v) is 6.45. The minimum Gasteiger partial charge on any atom is -0.359 e. The van der Waals surface area contributed by atoms with Gasteiger partial charge in [-0.25, -0.2) is 0 Å². The number of hydrogen-bond donors (Lipinski definition) is 1. The predicted molar refractivity (Wildman–Crippen MR) is 66.3 cm³/mol. The minimum atomic E-state index is -0.0702. The van der Waals surface area contributed by atoms with Crippen LogP contribution in [0.25, 0.3) is 0 Å². The fraction of sp³-hybridized carbons (Fsp3) is 1.00. The van der Waals surface area contributed by atoms with E-state index in [1.807, 2.05) is 0 Å². The number of likely N-dealkylation sites (N-methyl/N-ethyl adjacent to an activating group) is 1. The molecule has 1 spiro atoms. The van der Waals surface area contributed by atoms with E-state index in [0.29, 0.717) is 12.0 Å². The van der Waals surface area contributed by atoms with Crippen molar-refractivity contribution in [1.82, 2.24) is 10.2 Å². The van der Waals surface area contributed by atoms with Crippen LogP contribution < -0.4 is 5.32 Å². The van der Waals surface area contributed by atoms with E-state index in [1.165, 1.54) is 0 Å². The zero-order chi connectivity index (χ0) is 12.0. The number of rotatable bonds is 1. The Bertz CT molecular complexity index is 265. The number of likely N-dealkylation sites (tertiary alicyclic amines) is 1. The maximum absolute atomic E-state index is 6.14. The van der Waals surface area contributed by atoms with E-state index in [1.54, 1.807) is 0 Å². The van der Waals surface area contributed by atoms with Crippen molar-refractivity contribution in [2.45, 2.75) is 45.9 Å². The van der Waals surface area contributed by atoms with Gasteiger partial charge >= 0.3 is 0 Å². The molecule has 2 rings (SSSR count). The molecule has 2 heterocycles. The SMILES string of the molecule is CC(C)C1NC2(CCN(C)C2)OCC1(C)C. The van der Waals surface area contributed by atoms with Crippen molar-refractivity contribution in [2.24, 2.45) is 11.3 Å². The van der Waals surface area contributed by atoms with Crippen molar-refractivity contribution >= 4 is 0 Å². The smallest absolute Gasteiger partial charge is 0.133 e. The van der Waals surface area contributed by atoms with Crippen LogP contribution in [0.4, 0.5) is 0 Å². The quantitative estimate of drug-likeness (QED) is 0.736. The highest BCUT2D eigenvalue weighted by Crippen LogP contribution is 2.37. The molecule has 16 heavy (non-hydrogen) atoms. The van der Waals surface area contributed by atoms with Crippen molar-refractivity contribution in [1.29, 1.82) is 0 Å². The van der Waals surface area contributed by atoms with Gasteiger partial charge in [0.05, 0.1) is 6.61 Å². The van der Waals surface area contributed by atoms with Gasteiger partial charge in [0, 0.05) is 31.0 Å². The first-order chi connectivity index (χ1) is 7.35. The average molecular weight is 226 g/mol. The average Bonchev–Trinajstić information content (AvgIpc) is 2.53. The van der Waals surface area contributed by atoms with Gasteiger partial charge in [-0.1, -0.05) is 27.7 Å². The highest BCUT2D eigenvalue weighted by molar-refractivity contribution is 5.00. The van der Waals surface area contributed by atoms with E-state index in [0.717, 1.165) is 26.1 Å². The zero-order valence-corrected chi connectivity index (χ0v) is 11.3. The Kier molecular flexibility index (Phi) is 3.06. The second kappa shape index (κ2) is 3.97. The molecule has 3 nitrogen and oxygen atoms in total. The number of ether oxygens (including phenoxy) is 1. The molecule has 2 fully saturated rings. The summed E-state index contributed by atoms with van der Waals surface area (Å²) in [7, 11) is 2.17. The molecule has 2 aliphatic heterocycles. The van der Waals surface area contributed by atoms with E-state index in [-0.39, 0.29) is 11.1 Å². The lowest BCUT2D eigenvalue weighted by atomic mass is 9.77. The molecular formula is C13H26N2O. The molecule has 2 aliphatic rings. The Morgan fingerprint density at radius 1 is 1.38 bits per heavy atom. The lowest BCUT2D eigenvalue weighted by Crippen LogP contribution is -2.65. The molecule has 2 atom stereocenters. The summed E-state index contributed by atoms with van der Waals surface area (Å²) in [5.74, 6) is 0.654. The fourth-order valence-electron chi connectivity index (χ4n) is 3.20. The van der Waals surface area contributed by atoms with Crippen molar-refractivity contribution in [3.05, 3.63) is 0 Å². The fourth-order valence-corrected chi connectivity index (χ4v) is 3.20. The Balaban J connectivity index is 2.12.